The molecule has 1 aromatic heterocycles. The predicted octanol–water partition coefficient (Wildman–Crippen LogP) is 4.61. The quantitative estimate of drug-likeness (QED) is 0.388. The lowest BCUT2D eigenvalue weighted by molar-refractivity contribution is 0.0881. The number of rotatable bonds is 2. The highest BCUT2D eigenvalue weighted by Crippen LogP contribution is 2.37. The standard InChI is InChI=1S/C23H19NO3/c1-15-21-17(13-24(14-26-21)12-16-7-3-2-4-8-16)11-20-18-9-5-6-10-19(18)23(25)27-22(15)20/h2-11H,12-14H2,1H3. The molecule has 0 bridgehead atoms. The zero-order valence-corrected chi connectivity index (χ0v) is 15.1. The number of nitrogens with zero attached hydrogens (tertiary/aromatic N) is 1. The molecule has 0 fully saturated rings. The Labute approximate surface area is 156 Å². The third kappa shape index (κ3) is 2.69. The molecule has 0 radical (unpaired) electrons. The summed E-state index contributed by atoms with van der Waals surface area (Å²) in [7, 11) is 0. The van der Waals surface area contributed by atoms with Crippen molar-refractivity contribution >= 4 is 21.7 Å². The molecule has 0 atom stereocenters. The highest BCUT2D eigenvalue weighted by molar-refractivity contribution is 6.06. The van der Waals surface area contributed by atoms with Crippen molar-refractivity contribution in [2.45, 2.75) is 20.0 Å². The van der Waals surface area contributed by atoms with Crippen LogP contribution in [-0.4, -0.2) is 11.6 Å². The van der Waals surface area contributed by atoms with Crippen molar-refractivity contribution in [1.82, 2.24) is 4.90 Å². The van der Waals surface area contributed by atoms with Gasteiger partial charge in [-0.2, -0.15) is 0 Å². The molecule has 1 aliphatic heterocycles. The Morgan fingerprint density at radius 3 is 2.52 bits per heavy atom. The van der Waals surface area contributed by atoms with Gasteiger partial charge in [0.2, 0.25) is 0 Å². The van der Waals surface area contributed by atoms with Gasteiger partial charge in [-0.25, -0.2) is 4.79 Å². The third-order valence-corrected chi connectivity index (χ3v) is 5.20. The van der Waals surface area contributed by atoms with Crippen molar-refractivity contribution in [3.05, 3.63) is 87.8 Å². The van der Waals surface area contributed by atoms with E-state index < -0.39 is 0 Å². The van der Waals surface area contributed by atoms with Gasteiger partial charge in [0.1, 0.15) is 18.1 Å². The zero-order valence-electron chi connectivity index (χ0n) is 15.1. The fraction of sp³-hybridized carbons (Fsp3) is 0.174. The van der Waals surface area contributed by atoms with Crippen molar-refractivity contribution < 1.29 is 9.15 Å². The summed E-state index contributed by atoms with van der Waals surface area (Å²) in [5, 5.41) is 2.50. The maximum Gasteiger partial charge on any atom is 0.344 e. The molecule has 3 aromatic carbocycles. The number of benzene rings is 3. The summed E-state index contributed by atoms with van der Waals surface area (Å²) < 4.78 is 11.7. The summed E-state index contributed by atoms with van der Waals surface area (Å²) >= 11 is 0. The molecule has 0 saturated heterocycles. The Balaban J connectivity index is 1.62. The van der Waals surface area contributed by atoms with Crippen LogP contribution >= 0.6 is 0 Å². The first-order valence-corrected chi connectivity index (χ1v) is 9.08. The van der Waals surface area contributed by atoms with E-state index in [4.69, 9.17) is 9.15 Å². The van der Waals surface area contributed by atoms with E-state index in [0.29, 0.717) is 17.7 Å². The Morgan fingerprint density at radius 2 is 1.70 bits per heavy atom. The summed E-state index contributed by atoms with van der Waals surface area (Å²) in [6.45, 7) is 4.12. The van der Waals surface area contributed by atoms with Gasteiger partial charge in [0, 0.05) is 29.6 Å². The monoisotopic (exact) mass is 357 g/mol. The summed E-state index contributed by atoms with van der Waals surface area (Å²) in [4.78, 5) is 14.6. The highest BCUT2D eigenvalue weighted by Gasteiger charge is 2.23. The number of aryl methyl sites for hydroxylation is 1. The minimum absolute atomic E-state index is 0.303. The van der Waals surface area contributed by atoms with Crippen LogP contribution < -0.4 is 10.4 Å². The molecule has 2 heterocycles. The fourth-order valence-electron chi connectivity index (χ4n) is 3.93. The van der Waals surface area contributed by atoms with Gasteiger partial charge in [0.15, 0.2) is 0 Å². The Bertz CT molecular complexity index is 1210. The second kappa shape index (κ2) is 6.25. The molecule has 0 N–H and O–H groups in total. The van der Waals surface area contributed by atoms with Crippen molar-refractivity contribution in [3.63, 3.8) is 0 Å². The van der Waals surface area contributed by atoms with E-state index in [1.54, 1.807) is 0 Å². The van der Waals surface area contributed by atoms with Gasteiger partial charge in [-0.1, -0.05) is 48.5 Å². The lowest BCUT2D eigenvalue weighted by atomic mass is 10.00. The highest BCUT2D eigenvalue weighted by atomic mass is 16.5. The second-order valence-corrected chi connectivity index (χ2v) is 7.05. The minimum atomic E-state index is -0.303. The van der Waals surface area contributed by atoms with Crippen LogP contribution in [0.15, 0.2) is 69.9 Å². The molecule has 4 nitrogen and oxygen atoms in total. The molecule has 4 aromatic rings. The summed E-state index contributed by atoms with van der Waals surface area (Å²) in [5.74, 6) is 0.838. The van der Waals surface area contributed by atoms with E-state index in [-0.39, 0.29) is 5.63 Å². The SMILES string of the molecule is Cc1c2c(cc3c1oc(=O)c1ccccc13)CN(Cc1ccccc1)CO2. The van der Waals surface area contributed by atoms with Crippen LogP contribution in [0.1, 0.15) is 16.7 Å². The predicted molar refractivity (Wildman–Crippen MR) is 106 cm³/mol. The molecule has 0 spiro atoms. The van der Waals surface area contributed by atoms with Crippen LogP contribution in [0.25, 0.3) is 21.7 Å². The van der Waals surface area contributed by atoms with Crippen molar-refractivity contribution in [2.75, 3.05) is 6.73 Å². The molecule has 0 saturated carbocycles. The summed E-state index contributed by atoms with van der Waals surface area (Å²) in [5.41, 5.74) is 3.60. The molecular formula is C23H19NO3. The molecule has 0 aliphatic carbocycles. The smallest absolute Gasteiger partial charge is 0.344 e. The fourth-order valence-corrected chi connectivity index (χ4v) is 3.93. The summed E-state index contributed by atoms with van der Waals surface area (Å²) in [6, 6.07) is 20.1. The third-order valence-electron chi connectivity index (χ3n) is 5.20. The van der Waals surface area contributed by atoms with Crippen LogP contribution in [-0.2, 0) is 13.1 Å². The first-order valence-electron chi connectivity index (χ1n) is 9.08. The molecule has 4 heteroatoms. The maximum atomic E-state index is 12.4. The van der Waals surface area contributed by atoms with Gasteiger partial charge in [-0.3, -0.25) is 4.90 Å². The van der Waals surface area contributed by atoms with E-state index in [1.165, 1.54) is 5.56 Å². The van der Waals surface area contributed by atoms with Crippen molar-refractivity contribution in [2.24, 2.45) is 0 Å². The van der Waals surface area contributed by atoms with Gasteiger partial charge in [0.25, 0.3) is 0 Å². The number of hydrogen-bond donors (Lipinski definition) is 0. The zero-order chi connectivity index (χ0) is 18.4. The number of hydrogen-bond acceptors (Lipinski definition) is 4. The Kier molecular flexibility index (Phi) is 3.73. The Hall–Kier alpha value is -3.11. The number of ether oxygens (including phenoxy) is 1. The minimum Gasteiger partial charge on any atom is -0.477 e. The molecule has 1 aliphatic rings. The average molecular weight is 357 g/mol. The molecule has 0 amide bonds. The van der Waals surface area contributed by atoms with E-state index in [2.05, 4.69) is 35.2 Å². The van der Waals surface area contributed by atoms with Crippen LogP contribution in [0.4, 0.5) is 0 Å². The molecular weight excluding hydrogens is 338 g/mol. The van der Waals surface area contributed by atoms with Gasteiger partial charge in [-0.05, 0) is 30.0 Å². The summed E-state index contributed by atoms with van der Waals surface area (Å²) in [6.07, 6.45) is 0. The van der Waals surface area contributed by atoms with Crippen LogP contribution in [0.3, 0.4) is 0 Å². The van der Waals surface area contributed by atoms with Gasteiger partial charge < -0.3 is 9.15 Å². The number of fused-ring (bicyclic) bond motifs is 4. The van der Waals surface area contributed by atoms with E-state index in [1.807, 2.05) is 37.3 Å². The van der Waals surface area contributed by atoms with Crippen LogP contribution in [0, 0.1) is 6.92 Å². The largest absolute Gasteiger partial charge is 0.477 e. The first-order chi connectivity index (χ1) is 13.2. The maximum absolute atomic E-state index is 12.4. The normalized spacial score (nSPS) is 14.3. The first kappa shape index (κ1) is 16.1. The van der Waals surface area contributed by atoms with E-state index in [0.717, 1.165) is 40.7 Å². The van der Waals surface area contributed by atoms with Crippen LogP contribution in [0.2, 0.25) is 0 Å². The van der Waals surface area contributed by atoms with Crippen molar-refractivity contribution in [3.8, 4) is 5.75 Å². The van der Waals surface area contributed by atoms with Gasteiger partial charge in [-0.15, -0.1) is 0 Å². The lowest BCUT2D eigenvalue weighted by Gasteiger charge is -2.30. The molecule has 0 unspecified atom stereocenters. The molecule has 5 rings (SSSR count). The topological polar surface area (TPSA) is 42.7 Å². The van der Waals surface area contributed by atoms with Gasteiger partial charge >= 0.3 is 5.63 Å². The van der Waals surface area contributed by atoms with E-state index >= 15 is 0 Å². The lowest BCUT2D eigenvalue weighted by Crippen LogP contribution is -2.31. The van der Waals surface area contributed by atoms with Crippen molar-refractivity contribution in [1.29, 1.82) is 0 Å². The molecule has 134 valence electrons. The van der Waals surface area contributed by atoms with Gasteiger partial charge in [0.05, 0.1) is 5.39 Å². The molecule has 27 heavy (non-hydrogen) atoms. The average Bonchev–Trinajstić information content (AvgIpc) is 2.70. The second-order valence-electron chi connectivity index (χ2n) is 7.05. The van der Waals surface area contributed by atoms with E-state index in [9.17, 15) is 4.79 Å². The Morgan fingerprint density at radius 1 is 0.963 bits per heavy atom. The van der Waals surface area contributed by atoms with Crippen LogP contribution in [0.5, 0.6) is 5.75 Å².